The number of fused-ring (bicyclic) bond motifs is 5. The minimum Gasteiger partial charge on any atom is -0.458 e. The summed E-state index contributed by atoms with van der Waals surface area (Å²) in [7, 11) is 0. The minimum atomic E-state index is -1.30. The molecule has 0 spiro atoms. The van der Waals surface area contributed by atoms with Crippen molar-refractivity contribution in [1.29, 1.82) is 0 Å². The predicted octanol–water partition coefficient (Wildman–Crippen LogP) is 3.57. The molecule has 2 aliphatic rings. The number of nitrogens with zero attached hydrogens (tertiary/aromatic N) is 2. The molecule has 1 atom stereocenters. The molecule has 4 heterocycles. The number of ether oxygens (including phenoxy) is 4. The van der Waals surface area contributed by atoms with Gasteiger partial charge in [0.05, 0.1) is 29.0 Å². The zero-order valence-electron chi connectivity index (χ0n) is 20.2. The molecular formula is C26H24N2O8. The molecule has 2 aliphatic heterocycles. The first-order valence-corrected chi connectivity index (χ1v) is 11.5. The molecule has 0 aliphatic carbocycles. The molecule has 5 rings (SSSR count). The molecule has 10 heteroatoms. The van der Waals surface area contributed by atoms with E-state index >= 15 is 0 Å². The number of rotatable bonds is 4. The number of carbonyl (C=O) groups excluding carboxylic acids is 3. The van der Waals surface area contributed by atoms with Crippen LogP contribution in [0, 0.1) is 0 Å². The number of hydrogen-bond acceptors (Lipinski definition) is 9. The van der Waals surface area contributed by atoms with Crippen LogP contribution in [0.25, 0.3) is 22.3 Å². The Morgan fingerprint density at radius 3 is 2.69 bits per heavy atom. The molecule has 0 bridgehead atoms. The van der Waals surface area contributed by atoms with Crippen LogP contribution >= 0.6 is 0 Å². The lowest BCUT2D eigenvalue weighted by Gasteiger charge is -2.23. The SMILES string of the molecule is CCc1c2c(nc3ccc(OC(=O)OC(C)(C)C)cc13)-c1cc3c(c(=O)n1C2)COC(=O)C3OC=O. The molecule has 36 heavy (non-hydrogen) atoms. The monoisotopic (exact) mass is 492 g/mol. The molecule has 0 saturated heterocycles. The van der Waals surface area contributed by atoms with Crippen molar-refractivity contribution >= 4 is 29.5 Å². The van der Waals surface area contributed by atoms with Gasteiger partial charge in [-0.2, -0.15) is 0 Å². The maximum absolute atomic E-state index is 13.3. The van der Waals surface area contributed by atoms with Gasteiger partial charge in [0.15, 0.2) is 0 Å². The van der Waals surface area contributed by atoms with E-state index in [-0.39, 0.29) is 30.7 Å². The second kappa shape index (κ2) is 8.47. The summed E-state index contributed by atoms with van der Waals surface area (Å²) in [6.45, 7) is 7.51. The highest BCUT2D eigenvalue weighted by Crippen LogP contribution is 2.39. The second-order valence-corrected chi connectivity index (χ2v) is 9.59. The van der Waals surface area contributed by atoms with Gasteiger partial charge in [0.1, 0.15) is 18.0 Å². The van der Waals surface area contributed by atoms with Gasteiger partial charge in [0.2, 0.25) is 6.10 Å². The highest BCUT2D eigenvalue weighted by molar-refractivity contribution is 5.90. The summed E-state index contributed by atoms with van der Waals surface area (Å²) < 4.78 is 22.2. The molecule has 0 radical (unpaired) electrons. The standard InChI is InChI=1S/C26H24N2O8/c1-5-14-15-8-13(35-25(32)36-26(2,3)4)6-7-19(15)27-21-17(14)10-28-20(21)9-16-18(23(28)30)11-33-24(31)22(16)34-12-29/h6-9,12,22H,5,10-11H2,1-4H3. The summed E-state index contributed by atoms with van der Waals surface area (Å²) >= 11 is 0. The van der Waals surface area contributed by atoms with E-state index in [1.54, 1.807) is 49.6 Å². The Kier molecular flexibility index (Phi) is 5.54. The second-order valence-electron chi connectivity index (χ2n) is 9.59. The maximum Gasteiger partial charge on any atom is 0.514 e. The van der Waals surface area contributed by atoms with Gasteiger partial charge in [-0.05, 0) is 57.0 Å². The summed E-state index contributed by atoms with van der Waals surface area (Å²) in [6, 6.07) is 6.78. The van der Waals surface area contributed by atoms with Crippen LogP contribution in [0.5, 0.6) is 5.75 Å². The molecule has 0 saturated carbocycles. The van der Waals surface area contributed by atoms with Crippen LogP contribution in [0.15, 0.2) is 29.1 Å². The molecule has 186 valence electrons. The third kappa shape index (κ3) is 3.88. The highest BCUT2D eigenvalue weighted by atomic mass is 16.7. The van der Waals surface area contributed by atoms with Crippen molar-refractivity contribution in [1.82, 2.24) is 9.55 Å². The summed E-state index contributed by atoms with van der Waals surface area (Å²) in [6.07, 6.45) is -1.46. The summed E-state index contributed by atoms with van der Waals surface area (Å²) in [5, 5.41) is 0.795. The van der Waals surface area contributed by atoms with E-state index in [1.807, 2.05) is 6.92 Å². The largest absolute Gasteiger partial charge is 0.514 e. The van der Waals surface area contributed by atoms with Crippen molar-refractivity contribution < 1.29 is 33.3 Å². The fraction of sp³-hybridized carbons (Fsp3) is 0.346. The number of hydrogen-bond donors (Lipinski definition) is 0. The first-order chi connectivity index (χ1) is 17.1. The Hall–Kier alpha value is -4.21. The predicted molar refractivity (Wildman–Crippen MR) is 126 cm³/mol. The van der Waals surface area contributed by atoms with Crippen LogP contribution in [0.2, 0.25) is 0 Å². The molecular weight excluding hydrogens is 468 g/mol. The van der Waals surface area contributed by atoms with Crippen LogP contribution in [0.4, 0.5) is 4.79 Å². The normalized spacial score (nSPS) is 16.0. The number of carbonyl (C=O) groups is 3. The summed E-state index contributed by atoms with van der Waals surface area (Å²) in [5.41, 5.74) is 3.19. The van der Waals surface area contributed by atoms with Gasteiger partial charge in [-0.15, -0.1) is 0 Å². The summed E-state index contributed by atoms with van der Waals surface area (Å²) in [4.78, 5) is 53.5. The molecule has 0 N–H and O–H groups in total. The Balaban J connectivity index is 1.61. The number of esters is 1. The van der Waals surface area contributed by atoms with Crippen molar-refractivity contribution in [2.24, 2.45) is 0 Å². The van der Waals surface area contributed by atoms with Gasteiger partial charge < -0.3 is 23.5 Å². The Morgan fingerprint density at radius 1 is 1.22 bits per heavy atom. The van der Waals surface area contributed by atoms with Gasteiger partial charge >= 0.3 is 12.1 Å². The van der Waals surface area contributed by atoms with Crippen LogP contribution < -0.4 is 10.3 Å². The van der Waals surface area contributed by atoms with Crippen molar-refractivity contribution in [2.75, 3.05) is 0 Å². The maximum atomic E-state index is 13.3. The fourth-order valence-corrected chi connectivity index (χ4v) is 4.69. The van der Waals surface area contributed by atoms with Gasteiger partial charge in [-0.3, -0.25) is 9.59 Å². The van der Waals surface area contributed by atoms with Crippen molar-refractivity contribution in [3.63, 3.8) is 0 Å². The Labute approximate surface area is 205 Å². The topological polar surface area (TPSA) is 123 Å². The van der Waals surface area contributed by atoms with Crippen molar-refractivity contribution in [2.45, 2.75) is 59.0 Å². The van der Waals surface area contributed by atoms with Crippen molar-refractivity contribution in [3.05, 3.63) is 56.9 Å². The minimum absolute atomic E-state index is 0.164. The van der Waals surface area contributed by atoms with Crippen molar-refractivity contribution in [3.8, 4) is 17.1 Å². The van der Waals surface area contributed by atoms with Gasteiger partial charge in [0.25, 0.3) is 12.0 Å². The third-order valence-corrected chi connectivity index (χ3v) is 6.16. The Bertz CT molecular complexity index is 1500. The highest BCUT2D eigenvalue weighted by Gasteiger charge is 2.36. The lowest BCUT2D eigenvalue weighted by atomic mass is 9.97. The van der Waals surface area contributed by atoms with E-state index in [9.17, 15) is 19.2 Å². The molecule has 1 unspecified atom stereocenters. The first kappa shape index (κ1) is 23.5. The lowest BCUT2D eigenvalue weighted by molar-refractivity contribution is -0.165. The van der Waals surface area contributed by atoms with Crippen LogP contribution in [0.1, 0.15) is 56.1 Å². The molecule has 3 aromatic rings. The van der Waals surface area contributed by atoms with E-state index < -0.39 is 23.8 Å². The smallest absolute Gasteiger partial charge is 0.458 e. The van der Waals surface area contributed by atoms with E-state index in [1.165, 1.54) is 0 Å². The molecule has 1 aromatic carbocycles. The van der Waals surface area contributed by atoms with E-state index in [0.29, 0.717) is 34.6 Å². The number of aromatic nitrogens is 2. The van der Waals surface area contributed by atoms with Crippen LogP contribution in [0.3, 0.4) is 0 Å². The van der Waals surface area contributed by atoms with Gasteiger partial charge in [0, 0.05) is 16.5 Å². The zero-order chi connectivity index (χ0) is 25.8. The van der Waals surface area contributed by atoms with Gasteiger partial charge in [-0.1, -0.05) is 6.92 Å². The quantitative estimate of drug-likeness (QED) is 0.182. The number of cyclic esters (lactones) is 1. The van der Waals surface area contributed by atoms with Crippen LogP contribution in [-0.2, 0) is 43.4 Å². The molecule has 10 nitrogen and oxygen atoms in total. The number of pyridine rings is 2. The lowest BCUT2D eigenvalue weighted by Crippen LogP contribution is -2.33. The first-order valence-electron chi connectivity index (χ1n) is 11.5. The van der Waals surface area contributed by atoms with E-state index in [2.05, 4.69) is 0 Å². The fourth-order valence-electron chi connectivity index (χ4n) is 4.69. The van der Waals surface area contributed by atoms with E-state index in [0.717, 1.165) is 16.5 Å². The average Bonchev–Trinajstić information content (AvgIpc) is 3.17. The summed E-state index contributed by atoms with van der Waals surface area (Å²) in [5.74, 6) is -0.406. The Morgan fingerprint density at radius 2 is 2.00 bits per heavy atom. The molecule has 0 fully saturated rings. The molecule has 0 amide bonds. The van der Waals surface area contributed by atoms with Crippen LogP contribution in [-0.4, -0.2) is 33.7 Å². The number of aryl methyl sites for hydroxylation is 1. The van der Waals surface area contributed by atoms with E-state index in [4.69, 9.17) is 23.9 Å². The zero-order valence-corrected chi connectivity index (χ0v) is 20.2. The number of benzene rings is 1. The van der Waals surface area contributed by atoms with Gasteiger partial charge in [-0.25, -0.2) is 14.6 Å². The average molecular weight is 492 g/mol. The third-order valence-electron chi connectivity index (χ3n) is 6.16. The molecule has 2 aromatic heterocycles.